The highest BCUT2D eigenvalue weighted by Gasteiger charge is 2.31. The van der Waals surface area contributed by atoms with Crippen LogP contribution >= 0.6 is 0 Å². The lowest BCUT2D eigenvalue weighted by atomic mass is 9.91. The first-order valence-electron chi connectivity index (χ1n) is 13.3. The molecule has 0 bridgehead atoms. The fourth-order valence-corrected chi connectivity index (χ4v) is 5.52. The number of ether oxygens (including phenoxy) is 1. The Bertz CT molecular complexity index is 928. The van der Waals surface area contributed by atoms with Crippen LogP contribution in [0.2, 0.25) is 0 Å². The van der Waals surface area contributed by atoms with Crippen LogP contribution in [0.4, 0.5) is 10.6 Å². The SMILES string of the molecule is CN(CC1CCN(c2ccc(C3CCC(=O)NC3=O)cn2)CC1)C1CCN(C(=O)OC(C)(C)C)CC1. The molecule has 1 aromatic heterocycles. The first-order valence-corrected chi connectivity index (χ1v) is 13.3. The van der Waals surface area contributed by atoms with Gasteiger partial charge in [-0.3, -0.25) is 14.9 Å². The van der Waals surface area contributed by atoms with Gasteiger partial charge in [-0.05, 0) is 77.5 Å². The smallest absolute Gasteiger partial charge is 0.410 e. The molecule has 3 aliphatic heterocycles. The van der Waals surface area contributed by atoms with E-state index in [0.29, 0.717) is 24.8 Å². The summed E-state index contributed by atoms with van der Waals surface area (Å²) < 4.78 is 5.52. The number of imide groups is 1. The number of likely N-dealkylation sites (tertiary alicyclic amines) is 1. The van der Waals surface area contributed by atoms with Crippen LogP contribution in [0.3, 0.4) is 0 Å². The molecule has 4 rings (SSSR count). The van der Waals surface area contributed by atoms with E-state index in [2.05, 4.69) is 27.1 Å². The van der Waals surface area contributed by atoms with Crippen molar-refractivity contribution < 1.29 is 19.1 Å². The first-order chi connectivity index (χ1) is 17.1. The van der Waals surface area contributed by atoms with E-state index in [9.17, 15) is 14.4 Å². The van der Waals surface area contributed by atoms with E-state index in [1.54, 1.807) is 6.20 Å². The quantitative estimate of drug-likeness (QED) is 0.622. The van der Waals surface area contributed by atoms with E-state index < -0.39 is 5.60 Å². The average Bonchev–Trinajstić information content (AvgIpc) is 2.84. The minimum absolute atomic E-state index is 0.194. The number of piperidine rings is 3. The fourth-order valence-electron chi connectivity index (χ4n) is 5.52. The summed E-state index contributed by atoms with van der Waals surface area (Å²) in [4.78, 5) is 47.1. The van der Waals surface area contributed by atoms with E-state index in [0.717, 1.165) is 69.8 Å². The van der Waals surface area contributed by atoms with Crippen LogP contribution in [-0.2, 0) is 14.3 Å². The fraction of sp³-hybridized carbons (Fsp3) is 0.704. The van der Waals surface area contributed by atoms with E-state index in [1.807, 2.05) is 37.8 Å². The Morgan fingerprint density at radius 2 is 1.78 bits per heavy atom. The van der Waals surface area contributed by atoms with Gasteiger partial charge in [0.25, 0.3) is 0 Å². The highest BCUT2D eigenvalue weighted by molar-refractivity contribution is 6.00. The number of pyridine rings is 1. The monoisotopic (exact) mass is 499 g/mol. The van der Waals surface area contributed by atoms with Crippen LogP contribution in [0.1, 0.15) is 70.8 Å². The molecule has 3 amide bonds. The molecule has 4 heterocycles. The highest BCUT2D eigenvalue weighted by atomic mass is 16.6. The van der Waals surface area contributed by atoms with Crippen molar-refractivity contribution in [2.45, 2.75) is 76.9 Å². The minimum Gasteiger partial charge on any atom is -0.444 e. The van der Waals surface area contributed by atoms with Crippen molar-refractivity contribution in [3.8, 4) is 0 Å². The lowest BCUT2D eigenvalue weighted by Gasteiger charge is -2.40. The Hall–Kier alpha value is -2.68. The van der Waals surface area contributed by atoms with Gasteiger partial charge in [-0.1, -0.05) is 6.07 Å². The number of hydrogen-bond donors (Lipinski definition) is 1. The molecule has 0 spiro atoms. The van der Waals surface area contributed by atoms with Crippen molar-refractivity contribution in [1.29, 1.82) is 0 Å². The summed E-state index contributed by atoms with van der Waals surface area (Å²) >= 11 is 0. The van der Waals surface area contributed by atoms with Gasteiger partial charge in [-0.15, -0.1) is 0 Å². The average molecular weight is 500 g/mol. The molecule has 0 aliphatic carbocycles. The normalized spacial score (nSPS) is 22.6. The number of anilines is 1. The van der Waals surface area contributed by atoms with Crippen LogP contribution in [0, 0.1) is 5.92 Å². The number of rotatable bonds is 5. The van der Waals surface area contributed by atoms with Gasteiger partial charge in [0.15, 0.2) is 0 Å². The number of amides is 3. The summed E-state index contributed by atoms with van der Waals surface area (Å²) in [6, 6.07) is 4.48. The third-order valence-electron chi connectivity index (χ3n) is 7.64. The molecular formula is C27H41N5O4. The molecule has 1 unspecified atom stereocenters. The molecular weight excluding hydrogens is 458 g/mol. The van der Waals surface area contributed by atoms with E-state index in [1.165, 1.54) is 0 Å². The summed E-state index contributed by atoms with van der Waals surface area (Å²) in [5.41, 5.74) is 0.419. The lowest BCUT2D eigenvalue weighted by molar-refractivity contribution is -0.134. The predicted molar refractivity (Wildman–Crippen MR) is 138 cm³/mol. The van der Waals surface area contributed by atoms with Gasteiger partial charge in [0.2, 0.25) is 11.8 Å². The van der Waals surface area contributed by atoms with Crippen molar-refractivity contribution in [2.24, 2.45) is 5.92 Å². The third kappa shape index (κ3) is 6.75. The van der Waals surface area contributed by atoms with Gasteiger partial charge in [-0.2, -0.15) is 0 Å². The summed E-state index contributed by atoms with van der Waals surface area (Å²) in [5.74, 6) is 0.897. The molecule has 9 heteroatoms. The molecule has 36 heavy (non-hydrogen) atoms. The van der Waals surface area contributed by atoms with E-state index in [-0.39, 0.29) is 23.8 Å². The summed E-state index contributed by atoms with van der Waals surface area (Å²) in [5, 5.41) is 2.42. The van der Waals surface area contributed by atoms with Crippen molar-refractivity contribution in [1.82, 2.24) is 20.1 Å². The second-order valence-corrected chi connectivity index (χ2v) is 11.5. The summed E-state index contributed by atoms with van der Waals surface area (Å²) in [7, 11) is 2.22. The van der Waals surface area contributed by atoms with Gasteiger partial charge in [0, 0.05) is 51.4 Å². The molecule has 3 fully saturated rings. The largest absolute Gasteiger partial charge is 0.444 e. The third-order valence-corrected chi connectivity index (χ3v) is 7.64. The zero-order chi connectivity index (χ0) is 25.9. The maximum atomic E-state index is 12.3. The van der Waals surface area contributed by atoms with Gasteiger partial charge < -0.3 is 19.4 Å². The van der Waals surface area contributed by atoms with Crippen LogP contribution in [0.15, 0.2) is 18.3 Å². The molecule has 198 valence electrons. The minimum atomic E-state index is -0.454. The van der Waals surface area contributed by atoms with Crippen molar-refractivity contribution in [2.75, 3.05) is 44.7 Å². The topological polar surface area (TPSA) is 95.1 Å². The molecule has 3 saturated heterocycles. The number of carbonyl (C=O) groups excluding carboxylic acids is 3. The highest BCUT2D eigenvalue weighted by Crippen LogP contribution is 2.28. The number of carbonyl (C=O) groups is 3. The Morgan fingerprint density at radius 3 is 2.36 bits per heavy atom. The van der Waals surface area contributed by atoms with Gasteiger partial charge in [0.1, 0.15) is 11.4 Å². The molecule has 1 N–H and O–H groups in total. The van der Waals surface area contributed by atoms with Crippen LogP contribution in [0.25, 0.3) is 0 Å². The second-order valence-electron chi connectivity index (χ2n) is 11.5. The summed E-state index contributed by atoms with van der Waals surface area (Å²) in [6.45, 7) is 10.2. The lowest BCUT2D eigenvalue weighted by Crippen LogP contribution is -2.48. The maximum absolute atomic E-state index is 12.3. The van der Waals surface area contributed by atoms with Crippen molar-refractivity contribution in [3.63, 3.8) is 0 Å². The molecule has 0 aromatic carbocycles. The predicted octanol–water partition coefficient (Wildman–Crippen LogP) is 3.15. The number of nitrogens with one attached hydrogen (secondary N) is 1. The van der Waals surface area contributed by atoms with Crippen LogP contribution in [-0.4, -0.2) is 84.1 Å². The Morgan fingerprint density at radius 1 is 1.08 bits per heavy atom. The molecule has 1 aromatic rings. The molecule has 9 nitrogen and oxygen atoms in total. The van der Waals surface area contributed by atoms with Gasteiger partial charge >= 0.3 is 6.09 Å². The first kappa shape index (κ1) is 26.4. The molecule has 1 atom stereocenters. The Kier molecular flexibility index (Phi) is 8.17. The van der Waals surface area contributed by atoms with Gasteiger partial charge in [-0.25, -0.2) is 9.78 Å². The number of nitrogens with zero attached hydrogens (tertiary/aromatic N) is 4. The van der Waals surface area contributed by atoms with Crippen molar-refractivity contribution in [3.05, 3.63) is 23.9 Å². The molecule has 0 radical (unpaired) electrons. The standard InChI is InChI=1S/C27H41N5O4/c1-27(2,3)36-26(35)32-15-11-21(12-16-32)30(4)18-19-9-13-31(14-10-19)23-7-5-20(17-28-23)22-6-8-24(33)29-25(22)34/h5,7,17,19,21-22H,6,8-16,18H2,1-4H3,(H,29,33,34). The zero-order valence-electron chi connectivity index (χ0n) is 22.2. The van der Waals surface area contributed by atoms with E-state index >= 15 is 0 Å². The number of aromatic nitrogens is 1. The number of hydrogen-bond acceptors (Lipinski definition) is 7. The second kappa shape index (κ2) is 11.2. The molecule has 3 aliphatic rings. The van der Waals surface area contributed by atoms with Crippen LogP contribution in [0.5, 0.6) is 0 Å². The Balaban J connectivity index is 1.20. The molecule has 0 saturated carbocycles. The zero-order valence-corrected chi connectivity index (χ0v) is 22.2. The summed E-state index contributed by atoms with van der Waals surface area (Å²) in [6.07, 6.45) is 6.73. The van der Waals surface area contributed by atoms with E-state index in [4.69, 9.17) is 4.74 Å². The van der Waals surface area contributed by atoms with Crippen LogP contribution < -0.4 is 10.2 Å². The van der Waals surface area contributed by atoms with Gasteiger partial charge in [0.05, 0.1) is 5.92 Å². The van der Waals surface area contributed by atoms with Crippen molar-refractivity contribution >= 4 is 23.7 Å². The maximum Gasteiger partial charge on any atom is 0.410 e. The Labute approximate surface area is 214 Å².